The van der Waals surface area contributed by atoms with Gasteiger partial charge in [-0.25, -0.2) is 0 Å². The van der Waals surface area contributed by atoms with E-state index in [2.05, 4.69) is 20.5 Å². The monoisotopic (exact) mass is 378 g/mol. The molecular weight excluding hydrogens is 356 g/mol. The Hall–Kier alpha value is -2.93. The second-order valence-electron chi connectivity index (χ2n) is 7.46. The Kier molecular flexibility index (Phi) is 4.24. The molecule has 2 aliphatic rings. The number of aromatic nitrogens is 3. The topological polar surface area (TPSA) is 100 Å². The van der Waals surface area contributed by atoms with Gasteiger partial charge < -0.3 is 20.3 Å². The zero-order valence-corrected chi connectivity index (χ0v) is 15.4. The molecule has 0 spiro atoms. The molecule has 2 aromatic heterocycles. The normalized spacial score (nSPS) is 21.3. The van der Waals surface area contributed by atoms with Crippen LogP contribution < -0.4 is 10.1 Å². The minimum absolute atomic E-state index is 0.0390. The first-order chi connectivity index (χ1) is 13.7. The van der Waals surface area contributed by atoms with E-state index in [0.717, 1.165) is 47.8 Å². The minimum Gasteiger partial charge on any atom is -0.507 e. The van der Waals surface area contributed by atoms with Gasteiger partial charge in [-0.1, -0.05) is 12.8 Å². The summed E-state index contributed by atoms with van der Waals surface area (Å²) in [7, 11) is 0. The van der Waals surface area contributed by atoms with Crippen LogP contribution in [-0.4, -0.2) is 44.1 Å². The first-order valence-corrected chi connectivity index (χ1v) is 9.75. The van der Waals surface area contributed by atoms with Gasteiger partial charge in [0.05, 0.1) is 18.8 Å². The van der Waals surface area contributed by atoms with Gasteiger partial charge in [-0.3, -0.25) is 4.98 Å². The Morgan fingerprint density at radius 3 is 2.86 bits per heavy atom. The van der Waals surface area contributed by atoms with Crippen molar-refractivity contribution in [3.8, 4) is 22.8 Å². The number of aliphatic hydroxyl groups excluding tert-OH is 1. The fraction of sp³-hybridized carbons (Fsp3) is 0.381. The molecule has 7 heteroatoms. The van der Waals surface area contributed by atoms with Gasteiger partial charge in [0.1, 0.15) is 17.2 Å². The van der Waals surface area contributed by atoms with Crippen molar-refractivity contribution in [2.45, 2.75) is 44.2 Å². The molecule has 1 fully saturated rings. The number of rotatable bonds is 3. The first kappa shape index (κ1) is 17.2. The van der Waals surface area contributed by atoms with Crippen molar-refractivity contribution in [1.29, 1.82) is 0 Å². The summed E-state index contributed by atoms with van der Waals surface area (Å²) in [6, 6.07) is 5.53. The molecule has 0 radical (unpaired) electrons. The molecule has 28 heavy (non-hydrogen) atoms. The van der Waals surface area contributed by atoms with Crippen molar-refractivity contribution >= 4 is 16.6 Å². The molecule has 3 heterocycles. The highest BCUT2D eigenvalue weighted by atomic mass is 16.5. The molecule has 1 aliphatic heterocycles. The number of pyridine rings is 1. The molecular formula is C21H22N4O3. The van der Waals surface area contributed by atoms with E-state index in [0.29, 0.717) is 30.1 Å². The molecule has 1 saturated carbocycles. The largest absolute Gasteiger partial charge is 0.507 e. The number of ether oxygens (including phenoxy) is 1. The average molecular weight is 378 g/mol. The summed E-state index contributed by atoms with van der Waals surface area (Å²) in [4.78, 5) is 4.25. The lowest BCUT2D eigenvalue weighted by Gasteiger charge is -2.29. The molecule has 3 aromatic rings. The summed E-state index contributed by atoms with van der Waals surface area (Å²) in [5, 5.41) is 34.9. The highest BCUT2D eigenvalue weighted by molar-refractivity contribution is 6.00. The highest BCUT2D eigenvalue weighted by Gasteiger charge is 2.25. The number of benzene rings is 1. The second-order valence-corrected chi connectivity index (χ2v) is 7.46. The number of nitrogens with zero attached hydrogens (tertiary/aromatic N) is 3. The molecule has 0 amide bonds. The average Bonchev–Trinajstić information content (AvgIpc) is 3.20. The Bertz CT molecular complexity index is 1040. The maximum Gasteiger partial charge on any atom is 0.158 e. The van der Waals surface area contributed by atoms with E-state index in [9.17, 15) is 10.2 Å². The van der Waals surface area contributed by atoms with Crippen LogP contribution in [-0.2, 0) is 6.42 Å². The summed E-state index contributed by atoms with van der Waals surface area (Å²) < 4.78 is 5.53. The van der Waals surface area contributed by atoms with E-state index >= 15 is 0 Å². The fourth-order valence-electron chi connectivity index (χ4n) is 4.21. The van der Waals surface area contributed by atoms with Crippen molar-refractivity contribution in [2.75, 3.05) is 11.9 Å². The maximum absolute atomic E-state index is 10.8. The number of hydrogen-bond acceptors (Lipinski definition) is 7. The van der Waals surface area contributed by atoms with Crippen LogP contribution in [0.1, 0.15) is 31.2 Å². The molecule has 3 N–H and O–H groups in total. The van der Waals surface area contributed by atoms with Crippen LogP contribution in [0.25, 0.3) is 22.0 Å². The lowest BCUT2D eigenvalue weighted by atomic mass is 9.92. The van der Waals surface area contributed by atoms with Gasteiger partial charge in [0.25, 0.3) is 0 Å². The van der Waals surface area contributed by atoms with E-state index in [1.165, 1.54) is 0 Å². The van der Waals surface area contributed by atoms with Gasteiger partial charge in [-0.15, -0.1) is 10.2 Å². The number of phenols is 1. The number of fused-ring (bicyclic) bond motifs is 2. The molecule has 2 atom stereocenters. The van der Waals surface area contributed by atoms with E-state index in [4.69, 9.17) is 4.74 Å². The van der Waals surface area contributed by atoms with Crippen LogP contribution in [0.3, 0.4) is 0 Å². The first-order valence-electron chi connectivity index (χ1n) is 9.75. The standard InChI is InChI=1S/C21H22N4O3/c26-17-4-2-1-3-16(17)23-21-15-11-22-9-7-12(15)19(24-25-21)14-5-6-18-13(20(14)27)8-10-28-18/h5-7,9,11,16-17,26-27H,1-4,8,10H2,(H,23,25)/t16-,17-/m1/s1. The number of phenolic OH excluding ortho intramolecular Hbond substituents is 1. The molecule has 0 bridgehead atoms. The van der Waals surface area contributed by atoms with E-state index in [-0.39, 0.29) is 17.9 Å². The molecule has 5 rings (SSSR count). The molecule has 0 saturated heterocycles. The van der Waals surface area contributed by atoms with Crippen LogP contribution in [0, 0.1) is 0 Å². The van der Waals surface area contributed by atoms with Crippen LogP contribution >= 0.6 is 0 Å². The number of aromatic hydroxyl groups is 1. The van der Waals surface area contributed by atoms with Gasteiger partial charge >= 0.3 is 0 Å². The smallest absolute Gasteiger partial charge is 0.158 e. The third-order valence-corrected chi connectivity index (χ3v) is 5.74. The van der Waals surface area contributed by atoms with Gasteiger partial charge in [0.2, 0.25) is 0 Å². The van der Waals surface area contributed by atoms with E-state index in [1.807, 2.05) is 18.2 Å². The molecule has 1 aromatic carbocycles. The van der Waals surface area contributed by atoms with Crippen LogP contribution in [0.15, 0.2) is 30.6 Å². The summed E-state index contributed by atoms with van der Waals surface area (Å²) in [5.41, 5.74) is 2.06. The minimum atomic E-state index is -0.386. The summed E-state index contributed by atoms with van der Waals surface area (Å²) in [6.07, 6.45) is 7.58. The predicted octanol–water partition coefficient (Wildman–Crippen LogP) is 3.05. The van der Waals surface area contributed by atoms with Gasteiger partial charge in [0, 0.05) is 40.7 Å². The SMILES string of the molecule is Oc1c(-c2nnc(N[C@@H]3CCCC[C@H]3O)c3cnccc23)ccc2c1CCO2. The van der Waals surface area contributed by atoms with E-state index < -0.39 is 0 Å². The van der Waals surface area contributed by atoms with Gasteiger partial charge in [-0.05, 0) is 31.0 Å². The lowest BCUT2D eigenvalue weighted by molar-refractivity contribution is 0.116. The van der Waals surface area contributed by atoms with E-state index in [1.54, 1.807) is 12.4 Å². The Morgan fingerprint density at radius 1 is 1.07 bits per heavy atom. The fourth-order valence-corrected chi connectivity index (χ4v) is 4.21. The van der Waals surface area contributed by atoms with Crippen molar-refractivity contribution in [3.63, 3.8) is 0 Å². The summed E-state index contributed by atoms with van der Waals surface area (Å²) in [6.45, 7) is 0.579. The quantitative estimate of drug-likeness (QED) is 0.644. The number of anilines is 1. The highest BCUT2D eigenvalue weighted by Crippen LogP contribution is 2.42. The van der Waals surface area contributed by atoms with Crippen LogP contribution in [0.4, 0.5) is 5.82 Å². The zero-order valence-electron chi connectivity index (χ0n) is 15.4. The van der Waals surface area contributed by atoms with Gasteiger partial charge in [0.15, 0.2) is 5.82 Å². The summed E-state index contributed by atoms with van der Waals surface area (Å²) >= 11 is 0. The van der Waals surface area contributed by atoms with Crippen LogP contribution in [0.2, 0.25) is 0 Å². The van der Waals surface area contributed by atoms with Crippen molar-refractivity contribution in [2.24, 2.45) is 0 Å². The van der Waals surface area contributed by atoms with Crippen molar-refractivity contribution < 1.29 is 14.9 Å². The van der Waals surface area contributed by atoms with Gasteiger partial charge in [-0.2, -0.15) is 0 Å². The van der Waals surface area contributed by atoms with Crippen molar-refractivity contribution in [3.05, 3.63) is 36.2 Å². The number of hydrogen-bond donors (Lipinski definition) is 3. The third kappa shape index (κ3) is 2.82. The Morgan fingerprint density at radius 2 is 1.96 bits per heavy atom. The molecule has 0 unspecified atom stereocenters. The van der Waals surface area contributed by atoms with Crippen LogP contribution in [0.5, 0.6) is 11.5 Å². The Balaban J connectivity index is 1.59. The predicted molar refractivity (Wildman–Crippen MR) is 106 cm³/mol. The summed E-state index contributed by atoms with van der Waals surface area (Å²) in [5.74, 6) is 1.54. The third-order valence-electron chi connectivity index (χ3n) is 5.74. The zero-order chi connectivity index (χ0) is 19.1. The number of aliphatic hydroxyl groups is 1. The van der Waals surface area contributed by atoms with Crippen molar-refractivity contribution in [1.82, 2.24) is 15.2 Å². The molecule has 1 aliphatic carbocycles. The second kappa shape index (κ2) is 6.91. The maximum atomic E-state index is 10.8. The molecule has 7 nitrogen and oxygen atoms in total. The molecule has 144 valence electrons. The Labute approximate surface area is 162 Å². The number of nitrogens with one attached hydrogen (secondary N) is 1. The lowest BCUT2D eigenvalue weighted by Crippen LogP contribution is -2.36.